The number of hydrogen-bond acceptors (Lipinski definition) is 0. The molecule has 0 heterocycles. The van der Waals surface area contributed by atoms with Crippen molar-refractivity contribution in [2.75, 3.05) is 0 Å². The van der Waals surface area contributed by atoms with Crippen LogP contribution in [0.15, 0.2) is 18.2 Å². The number of hydrogen-bond donors (Lipinski definition) is 0. The average molecular weight is 208 g/mol. The van der Waals surface area contributed by atoms with Gasteiger partial charge in [-0.2, -0.15) is 0 Å². The summed E-state index contributed by atoms with van der Waals surface area (Å²) in [4.78, 5) is 0. The Morgan fingerprint density at radius 2 is 1.87 bits per heavy atom. The molecule has 0 saturated heterocycles. The molecule has 0 radical (unpaired) electrons. The van der Waals surface area contributed by atoms with E-state index in [4.69, 9.17) is 0 Å². The van der Waals surface area contributed by atoms with Crippen LogP contribution >= 0.6 is 0 Å². The van der Waals surface area contributed by atoms with Crippen LogP contribution in [-0.2, 0) is 6.42 Å². The minimum Gasteiger partial charge on any atom is -0.207 e. The Balaban J connectivity index is 2.94. The first-order chi connectivity index (χ1) is 7.04. The fourth-order valence-electron chi connectivity index (χ4n) is 1.79. The van der Waals surface area contributed by atoms with Gasteiger partial charge in [-0.15, -0.1) is 0 Å². The second-order valence-electron chi connectivity index (χ2n) is 4.76. The molecule has 84 valence electrons. The summed E-state index contributed by atoms with van der Waals surface area (Å²) < 4.78 is 13.5. The van der Waals surface area contributed by atoms with Gasteiger partial charge in [0.15, 0.2) is 0 Å². The number of rotatable bonds is 4. The predicted molar refractivity (Wildman–Crippen MR) is 63.6 cm³/mol. The molecule has 0 aliphatic carbocycles. The molecule has 1 atom stereocenters. The molecule has 0 saturated carbocycles. The third-order valence-corrected chi connectivity index (χ3v) is 2.85. The van der Waals surface area contributed by atoms with E-state index in [1.165, 1.54) is 5.56 Å². The van der Waals surface area contributed by atoms with E-state index in [-0.39, 0.29) is 5.82 Å². The summed E-state index contributed by atoms with van der Waals surface area (Å²) in [6.07, 6.45) is 2.02. The zero-order chi connectivity index (χ0) is 11.4. The van der Waals surface area contributed by atoms with Crippen LogP contribution in [0.5, 0.6) is 0 Å². The second-order valence-corrected chi connectivity index (χ2v) is 4.76. The zero-order valence-electron chi connectivity index (χ0n) is 10.2. The molecule has 0 spiro atoms. The highest BCUT2D eigenvalue weighted by atomic mass is 19.1. The van der Waals surface area contributed by atoms with Crippen molar-refractivity contribution < 1.29 is 4.39 Å². The first kappa shape index (κ1) is 12.2. The van der Waals surface area contributed by atoms with Crippen molar-refractivity contribution in [1.82, 2.24) is 0 Å². The topological polar surface area (TPSA) is 0 Å². The molecule has 1 rings (SSSR count). The summed E-state index contributed by atoms with van der Waals surface area (Å²) in [5.41, 5.74) is 2.12. The highest BCUT2D eigenvalue weighted by Crippen LogP contribution is 2.23. The van der Waals surface area contributed by atoms with Crippen molar-refractivity contribution in [3.8, 4) is 0 Å². The fraction of sp³-hybridized carbons (Fsp3) is 0.571. The van der Waals surface area contributed by atoms with Gasteiger partial charge in [-0.1, -0.05) is 39.8 Å². The Morgan fingerprint density at radius 3 is 2.40 bits per heavy atom. The zero-order valence-corrected chi connectivity index (χ0v) is 10.2. The van der Waals surface area contributed by atoms with Crippen molar-refractivity contribution >= 4 is 0 Å². The third-order valence-electron chi connectivity index (χ3n) is 2.85. The lowest BCUT2D eigenvalue weighted by Gasteiger charge is -2.13. The number of benzene rings is 1. The van der Waals surface area contributed by atoms with Gasteiger partial charge in [0.2, 0.25) is 0 Å². The van der Waals surface area contributed by atoms with Crippen LogP contribution in [0.3, 0.4) is 0 Å². The van der Waals surface area contributed by atoms with Crippen molar-refractivity contribution in [3.63, 3.8) is 0 Å². The summed E-state index contributed by atoms with van der Waals surface area (Å²) in [5, 5.41) is 0. The van der Waals surface area contributed by atoms with Gasteiger partial charge in [-0.05, 0) is 41.9 Å². The van der Waals surface area contributed by atoms with E-state index in [0.29, 0.717) is 11.8 Å². The normalized spacial score (nSPS) is 13.2. The molecule has 1 unspecified atom stereocenters. The van der Waals surface area contributed by atoms with E-state index in [1.54, 1.807) is 6.07 Å². The van der Waals surface area contributed by atoms with Crippen molar-refractivity contribution in [1.29, 1.82) is 0 Å². The first-order valence-electron chi connectivity index (χ1n) is 5.82. The minimum absolute atomic E-state index is 0.0585. The molecule has 15 heavy (non-hydrogen) atoms. The minimum atomic E-state index is -0.0585. The lowest BCUT2D eigenvalue weighted by atomic mass is 9.93. The standard InChI is InChI=1S/C14H21F/c1-5-11(4)13-9-12(8-10(2)3)6-7-14(13)15/h6-7,9-11H,5,8H2,1-4H3. The summed E-state index contributed by atoms with van der Waals surface area (Å²) >= 11 is 0. The predicted octanol–water partition coefficient (Wildman–Crippen LogP) is 4.54. The van der Waals surface area contributed by atoms with Gasteiger partial charge in [-0.25, -0.2) is 4.39 Å². The van der Waals surface area contributed by atoms with E-state index >= 15 is 0 Å². The van der Waals surface area contributed by atoms with Crippen LogP contribution in [0.25, 0.3) is 0 Å². The van der Waals surface area contributed by atoms with Gasteiger partial charge < -0.3 is 0 Å². The van der Waals surface area contributed by atoms with Crippen LogP contribution in [0.1, 0.15) is 51.2 Å². The molecule has 1 aromatic carbocycles. The molecule has 0 aliphatic heterocycles. The summed E-state index contributed by atoms with van der Waals surface area (Å²) in [6, 6.07) is 5.55. The smallest absolute Gasteiger partial charge is 0.126 e. The maximum atomic E-state index is 13.5. The van der Waals surface area contributed by atoms with Crippen LogP contribution in [0, 0.1) is 11.7 Å². The first-order valence-corrected chi connectivity index (χ1v) is 5.82. The quantitative estimate of drug-likeness (QED) is 0.681. The highest BCUT2D eigenvalue weighted by Gasteiger charge is 2.10. The molecular weight excluding hydrogens is 187 g/mol. The van der Waals surface area contributed by atoms with E-state index in [9.17, 15) is 4.39 Å². The Labute approximate surface area is 92.5 Å². The van der Waals surface area contributed by atoms with Gasteiger partial charge in [0.1, 0.15) is 5.82 Å². The molecular formula is C14H21F. The Bertz CT molecular complexity index is 315. The van der Waals surface area contributed by atoms with Crippen molar-refractivity contribution in [2.45, 2.75) is 46.5 Å². The molecule has 1 heteroatoms. The van der Waals surface area contributed by atoms with E-state index in [1.807, 2.05) is 12.1 Å². The van der Waals surface area contributed by atoms with Crippen molar-refractivity contribution in [2.24, 2.45) is 5.92 Å². The molecule has 0 fully saturated rings. The largest absolute Gasteiger partial charge is 0.207 e. The van der Waals surface area contributed by atoms with Gasteiger partial charge in [0.25, 0.3) is 0 Å². The third kappa shape index (κ3) is 3.33. The fourth-order valence-corrected chi connectivity index (χ4v) is 1.79. The Kier molecular flexibility index (Phi) is 4.31. The Hall–Kier alpha value is -0.850. The molecule has 0 aliphatic rings. The summed E-state index contributed by atoms with van der Waals surface area (Å²) in [5.74, 6) is 0.884. The SMILES string of the molecule is CCC(C)c1cc(CC(C)C)ccc1F. The van der Waals surface area contributed by atoms with E-state index in [0.717, 1.165) is 18.4 Å². The van der Waals surface area contributed by atoms with Crippen LogP contribution in [0.4, 0.5) is 4.39 Å². The van der Waals surface area contributed by atoms with Crippen LogP contribution in [-0.4, -0.2) is 0 Å². The van der Waals surface area contributed by atoms with Gasteiger partial charge in [0.05, 0.1) is 0 Å². The highest BCUT2D eigenvalue weighted by molar-refractivity contribution is 5.28. The molecule has 1 aromatic rings. The Morgan fingerprint density at radius 1 is 1.20 bits per heavy atom. The maximum Gasteiger partial charge on any atom is 0.126 e. The van der Waals surface area contributed by atoms with Crippen molar-refractivity contribution in [3.05, 3.63) is 35.1 Å². The summed E-state index contributed by atoms with van der Waals surface area (Å²) in [7, 11) is 0. The van der Waals surface area contributed by atoms with Gasteiger partial charge in [0, 0.05) is 0 Å². The maximum absolute atomic E-state index is 13.5. The second kappa shape index (κ2) is 5.29. The average Bonchev–Trinajstić information content (AvgIpc) is 2.19. The van der Waals surface area contributed by atoms with E-state index in [2.05, 4.69) is 27.7 Å². The number of halogens is 1. The molecule has 0 aromatic heterocycles. The van der Waals surface area contributed by atoms with E-state index < -0.39 is 0 Å². The van der Waals surface area contributed by atoms with Crippen LogP contribution < -0.4 is 0 Å². The monoisotopic (exact) mass is 208 g/mol. The molecule has 0 nitrogen and oxygen atoms in total. The van der Waals surface area contributed by atoms with Gasteiger partial charge in [-0.3, -0.25) is 0 Å². The lowest BCUT2D eigenvalue weighted by molar-refractivity contribution is 0.579. The van der Waals surface area contributed by atoms with Crippen LogP contribution in [0.2, 0.25) is 0 Å². The van der Waals surface area contributed by atoms with Gasteiger partial charge >= 0.3 is 0 Å². The lowest BCUT2D eigenvalue weighted by Crippen LogP contribution is -2.00. The summed E-state index contributed by atoms with van der Waals surface area (Å²) in [6.45, 7) is 8.55. The molecule has 0 amide bonds. The molecule has 0 N–H and O–H groups in total. The molecule has 0 bridgehead atoms.